The third-order valence-electron chi connectivity index (χ3n) is 6.01. The van der Waals surface area contributed by atoms with Gasteiger partial charge in [-0.1, -0.05) is 0 Å². The fourth-order valence-electron chi connectivity index (χ4n) is 3.94. The van der Waals surface area contributed by atoms with Crippen molar-refractivity contribution < 1.29 is 9.59 Å². The molecule has 2 aromatic rings. The summed E-state index contributed by atoms with van der Waals surface area (Å²) in [5, 5.41) is 17.2. The average Bonchev–Trinajstić information content (AvgIpc) is 3.39. The minimum atomic E-state index is -0.145. The maximum atomic E-state index is 12.4. The van der Waals surface area contributed by atoms with E-state index in [9.17, 15) is 9.59 Å². The molecule has 1 aliphatic heterocycles. The number of rotatable bonds is 7. The number of thiophene rings is 1. The predicted octanol–water partition coefficient (Wildman–Crippen LogP) is 2.39. The number of hydrogen-bond donors (Lipinski definition) is 3. The van der Waals surface area contributed by atoms with Gasteiger partial charge < -0.3 is 10.6 Å². The van der Waals surface area contributed by atoms with Crippen LogP contribution >= 0.6 is 11.3 Å². The second-order valence-electron chi connectivity index (χ2n) is 7.84. The Labute approximate surface area is 168 Å². The average molecular weight is 402 g/mol. The molecule has 3 heterocycles. The first-order valence-electron chi connectivity index (χ1n) is 9.97. The van der Waals surface area contributed by atoms with Crippen molar-refractivity contribution in [2.24, 2.45) is 0 Å². The monoisotopic (exact) mass is 401 g/mol. The van der Waals surface area contributed by atoms with Gasteiger partial charge in [0.2, 0.25) is 5.91 Å². The molecule has 0 radical (unpaired) electrons. The van der Waals surface area contributed by atoms with Crippen LogP contribution in [0.5, 0.6) is 0 Å². The topological polar surface area (TPSA) is 90.1 Å². The Balaban J connectivity index is 1.24. The largest absolute Gasteiger partial charge is 0.353 e. The van der Waals surface area contributed by atoms with Crippen molar-refractivity contribution >= 4 is 23.2 Å². The molecule has 2 fully saturated rings. The second kappa shape index (κ2) is 8.45. The van der Waals surface area contributed by atoms with Crippen molar-refractivity contribution in [2.75, 3.05) is 13.6 Å². The molecule has 2 aliphatic rings. The number of likely N-dealkylation sites (N-methyl/N-ethyl adjacent to an activating group) is 1. The van der Waals surface area contributed by atoms with Gasteiger partial charge in [0.1, 0.15) is 5.69 Å². The van der Waals surface area contributed by atoms with Gasteiger partial charge in [-0.05, 0) is 56.7 Å². The summed E-state index contributed by atoms with van der Waals surface area (Å²) in [7, 11) is 2.05. The van der Waals surface area contributed by atoms with E-state index in [1.807, 2.05) is 16.8 Å². The summed E-state index contributed by atoms with van der Waals surface area (Å²) in [6.45, 7) is 0.572. The fourth-order valence-corrected chi connectivity index (χ4v) is 4.59. The highest BCUT2D eigenvalue weighted by atomic mass is 32.1. The van der Waals surface area contributed by atoms with Gasteiger partial charge in [-0.15, -0.1) is 0 Å². The SMILES string of the molecule is CN1[C@@H](CC(=O)NC2CCC2)CC[C@H]1CNC(=O)c1cc(-c2ccsc2)n[nH]1. The van der Waals surface area contributed by atoms with Gasteiger partial charge in [0, 0.05) is 42.0 Å². The van der Waals surface area contributed by atoms with E-state index < -0.39 is 0 Å². The van der Waals surface area contributed by atoms with Crippen molar-refractivity contribution in [3.8, 4) is 11.3 Å². The van der Waals surface area contributed by atoms with Crippen LogP contribution in [0.1, 0.15) is 49.0 Å². The van der Waals surface area contributed by atoms with Crippen LogP contribution in [-0.4, -0.2) is 58.6 Å². The van der Waals surface area contributed by atoms with Crippen LogP contribution in [0.4, 0.5) is 0 Å². The highest BCUT2D eigenvalue weighted by molar-refractivity contribution is 7.08. The molecule has 2 aromatic heterocycles. The normalized spacial score (nSPS) is 22.8. The van der Waals surface area contributed by atoms with Gasteiger partial charge in [0.15, 0.2) is 0 Å². The molecule has 8 heteroatoms. The maximum Gasteiger partial charge on any atom is 0.269 e. The number of carbonyl (C=O) groups is 2. The van der Waals surface area contributed by atoms with Crippen LogP contribution in [0.3, 0.4) is 0 Å². The number of hydrogen-bond acceptors (Lipinski definition) is 5. The Kier molecular flexibility index (Phi) is 5.77. The van der Waals surface area contributed by atoms with Crippen LogP contribution in [0.15, 0.2) is 22.9 Å². The Hall–Kier alpha value is -2.19. The third-order valence-corrected chi connectivity index (χ3v) is 6.70. The minimum absolute atomic E-state index is 0.145. The van der Waals surface area contributed by atoms with Gasteiger partial charge in [0.05, 0.1) is 5.69 Å². The molecule has 1 saturated carbocycles. The van der Waals surface area contributed by atoms with E-state index in [1.165, 1.54) is 6.42 Å². The zero-order chi connectivity index (χ0) is 19.5. The first-order chi connectivity index (χ1) is 13.6. The number of aromatic amines is 1. The summed E-state index contributed by atoms with van der Waals surface area (Å²) in [4.78, 5) is 26.9. The molecule has 0 aromatic carbocycles. The van der Waals surface area contributed by atoms with Crippen LogP contribution in [0.2, 0.25) is 0 Å². The van der Waals surface area contributed by atoms with E-state index in [1.54, 1.807) is 17.4 Å². The summed E-state index contributed by atoms with van der Waals surface area (Å²) < 4.78 is 0. The standard InChI is InChI=1S/C20H27N5O2S/c1-25-15(9-19(26)22-14-3-2-4-14)5-6-16(25)11-21-20(27)18-10-17(23-24-18)13-7-8-28-12-13/h7-8,10,12,14-16H,2-6,9,11H2,1H3,(H,21,27)(H,22,26)(H,23,24)/t15-,16+/m1/s1. The van der Waals surface area contributed by atoms with Crippen LogP contribution in [-0.2, 0) is 4.79 Å². The van der Waals surface area contributed by atoms with E-state index in [4.69, 9.17) is 0 Å². The predicted molar refractivity (Wildman–Crippen MR) is 109 cm³/mol. The first kappa shape index (κ1) is 19.1. The molecule has 0 unspecified atom stereocenters. The van der Waals surface area contributed by atoms with Crippen LogP contribution in [0, 0.1) is 0 Å². The van der Waals surface area contributed by atoms with E-state index in [2.05, 4.69) is 32.8 Å². The molecule has 4 rings (SSSR count). The second-order valence-corrected chi connectivity index (χ2v) is 8.62. The van der Waals surface area contributed by atoms with Crippen molar-refractivity contribution in [1.82, 2.24) is 25.7 Å². The number of H-pyrrole nitrogens is 1. The molecule has 0 bridgehead atoms. The summed E-state index contributed by atoms with van der Waals surface area (Å²) >= 11 is 1.60. The number of nitrogens with zero attached hydrogens (tertiary/aromatic N) is 2. The van der Waals surface area contributed by atoms with Crippen molar-refractivity contribution in [3.05, 3.63) is 28.6 Å². The Bertz CT molecular complexity index is 814. The molecule has 1 aliphatic carbocycles. The quantitative estimate of drug-likeness (QED) is 0.664. The molecule has 2 atom stereocenters. The summed E-state index contributed by atoms with van der Waals surface area (Å²) in [5.74, 6) is 0.0122. The highest BCUT2D eigenvalue weighted by Gasteiger charge is 2.32. The third kappa shape index (κ3) is 4.28. The Morgan fingerprint density at radius 1 is 1.29 bits per heavy atom. The smallest absolute Gasteiger partial charge is 0.269 e. The van der Waals surface area contributed by atoms with Crippen LogP contribution < -0.4 is 10.6 Å². The van der Waals surface area contributed by atoms with E-state index >= 15 is 0 Å². The lowest BCUT2D eigenvalue weighted by Crippen LogP contribution is -2.44. The molecule has 0 spiro atoms. The van der Waals surface area contributed by atoms with Gasteiger partial charge in [-0.2, -0.15) is 16.4 Å². The van der Waals surface area contributed by atoms with Crippen molar-refractivity contribution in [3.63, 3.8) is 0 Å². The number of carbonyl (C=O) groups excluding carboxylic acids is 2. The fraction of sp³-hybridized carbons (Fsp3) is 0.550. The maximum absolute atomic E-state index is 12.4. The number of amides is 2. The van der Waals surface area contributed by atoms with Crippen molar-refractivity contribution in [2.45, 2.75) is 56.7 Å². The molecule has 28 heavy (non-hydrogen) atoms. The zero-order valence-corrected chi connectivity index (χ0v) is 16.9. The number of nitrogens with one attached hydrogen (secondary N) is 3. The molecular formula is C20H27N5O2S. The van der Waals surface area contributed by atoms with E-state index in [0.29, 0.717) is 24.7 Å². The molecular weight excluding hydrogens is 374 g/mol. The first-order valence-corrected chi connectivity index (χ1v) is 10.9. The highest BCUT2D eigenvalue weighted by Crippen LogP contribution is 2.25. The Morgan fingerprint density at radius 3 is 2.82 bits per heavy atom. The van der Waals surface area contributed by atoms with E-state index in [-0.39, 0.29) is 23.9 Å². The lowest BCUT2D eigenvalue weighted by molar-refractivity contribution is -0.123. The van der Waals surface area contributed by atoms with Gasteiger partial charge in [-0.25, -0.2) is 0 Å². The van der Waals surface area contributed by atoms with Crippen molar-refractivity contribution in [1.29, 1.82) is 0 Å². The van der Waals surface area contributed by atoms with E-state index in [0.717, 1.165) is 36.9 Å². The molecule has 1 saturated heterocycles. The lowest BCUT2D eigenvalue weighted by atomic mass is 9.93. The van der Waals surface area contributed by atoms with Gasteiger partial charge in [0.25, 0.3) is 5.91 Å². The number of aromatic nitrogens is 2. The number of likely N-dealkylation sites (tertiary alicyclic amines) is 1. The lowest BCUT2D eigenvalue weighted by Gasteiger charge is -2.29. The summed E-state index contributed by atoms with van der Waals surface area (Å²) in [5.41, 5.74) is 2.26. The Morgan fingerprint density at radius 2 is 2.11 bits per heavy atom. The van der Waals surface area contributed by atoms with Gasteiger partial charge in [-0.3, -0.25) is 19.6 Å². The molecule has 150 valence electrons. The summed E-state index contributed by atoms with van der Waals surface area (Å²) in [6, 6.07) is 4.66. The zero-order valence-electron chi connectivity index (χ0n) is 16.1. The molecule has 3 N–H and O–H groups in total. The van der Waals surface area contributed by atoms with Gasteiger partial charge >= 0.3 is 0 Å². The summed E-state index contributed by atoms with van der Waals surface area (Å²) in [6.07, 6.45) is 5.97. The molecule has 7 nitrogen and oxygen atoms in total. The minimum Gasteiger partial charge on any atom is -0.353 e. The van der Waals surface area contributed by atoms with Crippen LogP contribution in [0.25, 0.3) is 11.3 Å². The molecule has 2 amide bonds.